The summed E-state index contributed by atoms with van der Waals surface area (Å²) in [5.74, 6) is -1.67. The molecule has 0 aromatic carbocycles. The number of alkyl halides is 1. The largest absolute Gasteiger partial charge is 0.390 e. The third-order valence-electron chi connectivity index (χ3n) is 8.90. The Kier molecular flexibility index (Phi) is 3.72. The van der Waals surface area contributed by atoms with Crippen LogP contribution in [0.4, 0.5) is 4.39 Å². The lowest BCUT2D eigenvalue weighted by molar-refractivity contribution is -0.225. The van der Waals surface area contributed by atoms with Crippen LogP contribution in [-0.2, 0) is 14.4 Å². The average Bonchev–Trinajstić information content (AvgIpc) is 3.20. The molecule has 1 aliphatic heterocycles. The number of hydrogen-bond acceptors (Lipinski definition) is 6. The smallest absolute Gasteiger partial charge is 0.211 e. The first-order chi connectivity index (χ1) is 13.6. The number of carbonyl (C=O) groups excluding carboxylic acids is 2. The maximum atomic E-state index is 17.0. The van der Waals surface area contributed by atoms with E-state index in [1.54, 1.807) is 19.2 Å². The Morgan fingerprint density at radius 2 is 2.14 bits per heavy atom. The first kappa shape index (κ1) is 19.1. The number of aliphatic hydroxyl groups excluding tert-OH is 2. The van der Waals surface area contributed by atoms with Crippen LogP contribution >= 0.6 is 0 Å². The minimum Gasteiger partial charge on any atom is -0.390 e. The zero-order chi connectivity index (χ0) is 20.8. The minimum atomic E-state index is -1.95. The van der Waals surface area contributed by atoms with Crippen molar-refractivity contribution in [2.24, 2.45) is 33.7 Å². The molecule has 156 valence electrons. The van der Waals surface area contributed by atoms with Crippen LogP contribution in [0.1, 0.15) is 39.5 Å². The molecule has 7 heteroatoms. The summed E-state index contributed by atoms with van der Waals surface area (Å²) < 4.78 is 17.0. The van der Waals surface area contributed by atoms with Crippen molar-refractivity contribution in [1.82, 2.24) is 0 Å². The topological polar surface area (TPSA) is 96.2 Å². The molecule has 0 amide bonds. The molecule has 1 heterocycles. The maximum Gasteiger partial charge on any atom is 0.211 e. The van der Waals surface area contributed by atoms with Crippen molar-refractivity contribution in [2.45, 2.75) is 56.9 Å². The highest BCUT2D eigenvalue weighted by Crippen LogP contribution is 2.71. The molecular formula is C22H26FNO5. The van der Waals surface area contributed by atoms with Gasteiger partial charge in [0.1, 0.15) is 6.61 Å². The Bertz CT molecular complexity index is 898. The Balaban J connectivity index is 1.64. The Labute approximate surface area is 168 Å². The predicted octanol–water partition coefficient (Wildman–Crippen LogP) is 1.90. The van der Waals surface area contributed by atoms with Crippen molar-refractivity contribution in [1.29, 1.82) is 0 Å². The monoisotopic (exact) mass is 403 g/mol. The molecule has 5 aliphatic rings. The summed E-state index contributed by atoms with van der Waals surface area (Å²) in [6.45, 7) is 2.96. The van der Waals surface area contributed by atoms with Gasteiger partial charge < -0.3 is 15.1 Å². The van der Waals surface area contributed by atoms with Crippen molar-refractivity contribution < 1.29 is 29.0 Å². The van der Waals surface area contributed by atoms with Gasteiger partial charge in [-0.05, 0) is 50.7 Å². The van der Waals surface area contributed by atoms with E-state index < -0.39 is 46.5 Å². The number of carbonyl (C=O) groups is 2. The summed E-state index contributed by atoms with van der Waals surface area (Å²) in [6, 6.07) is 0. The van der Waals surface area contributed by atoms with E-state index in [0.717, 1.165) is 5.57 Å². The summed E-state index contributed by atoms with van der Waals surface area (Å²) in [4.78, 5) is 30.4. The zero-order valence-corrected chi connectivity index (χ0v) is 16.6. The number of halogens is 1. The van der Waals surface area contributed by atoms with Gasteiger partial charge in [0, 0.05) is 22.7 Å². The maximum absolute atomic E-state index is 17.0. The second kappa shape index (κ2) is 5.64. The number of nitrogens with zero attached hydrogens (tertiary/aromatic N) is 1. The molecule has 0 bridgehead atoms. The number of ketones is 2. The fourth-order valence-corrected chi connectivity index (χ4v) is 7.50. The van der Waals surface area contributed by atoms with Crippen LogP contribution in [0.5, 0.6) is 0 Å². The SMILES string of the molecule is C[C@]12C[C@H](O)[C@@]3(F)[C@@H](CCC4=CC(=O)C=C[C@@]43C)[C@@H]1CC1C=NOC12C(=O)CO. The molecule has 0 aromatic heterocycles. The molecule has 6 nitrogen and oxygen atoms in total. The van der Waals surface area contributed by atoms with E-state index in [-0.39, 0.29) is 24.0 Å². The van der Waals surface area contributed by atoms with E-state index in [1.807, 2.05) is 6.92 Å². The van der Waals surface area contributed by atoms with Gasteiger partial charge in [-0.3, -0.25) is 9.59 Å². The molecule has 3 fully saturated rings. The molecule has 8 atom stereocenters. The number of allylic oxidation sites excluding steroid dienone is 4. The third-order valence-corrected chi connectivity index (χ3v) is 8.90. The van der Waals surface area contributed by atoms with Crippen molar-refractivity contribution in [2.75, 3.05) is 6.61 Å². The number of hydrogen-bond donors (Lipinski definition) is 2. The molecular weight excluding hydrogens is 377 g/mol. The molecule has 0 saturated heterocycles. The van der Waals surface area contributed by atoms with Crippen molar-refractivity contribution in [3.05, 3.63) is 23.8 Å². The highest BCUT2D eigenvalue weighted by Gasteiger charge is 2.78. The molecule has 2 unspecified atom stereocenters. The van der Waals surface area contributed by atoms with Gasteiger partial charge in [0.05, 0.1) is 12.3 Å². The Morgan fingerprint density at radius 1 is 1.38 bits per heavy atom. The van der Waals surface area contributed by atoms with Crippen LogP contribution in [0, 0.1) is 28.6 Å². The molecule has 4 aliphatic carbocycles. The van der Waals surface area contributed by atoms with E-state index in [4.69, 9.17) is 4.84 Å². The van der Waals surface area contributed by atoms with Crippen LogP contribution in [0.25, 0.3) is 0 Å². The third kappa shape index (κ3) is 1.92. The van der Waals surface area contributed by atoms with Gasteiger partial charge in [-0.15, -0.1) is 0 Å². The fourth-order valence-electron chi connectivity index (χ4n) is 7.50. The fraction of sp³-hybridized carbons (Fsp3) is 0.682. The standard InChI is InChI=1S/C22H26FNO5/c1-19-6-5-14(26)7-12(19)3-4-15-16-8-13-10-24-29-22(13,18(28)11-25)20(16,2)9-17(27)21(15,19)23/h5-7,10,13,15-17,25,27H,3-4,8-9,11H2,1-2H3/t13?,15-,16-,17-,19-,20-,21-,22?/m0/s1. The number of aliphatic hydroxyl groups is 2. The van der Waals surface area contributed by atoms with E-state index in [2.05, 4.69) is 5.16 Å². The van der Waals surface area contributed by atoms with Crippen LogP contribution in [0.15, 0.2) is 29.0 Å². The summed E-state index contributed by atoms with van der Waals surface area (Å²) in [5.41, 5.74) is -4.49. The molecule has 2 N–H and O–H groups in total. The van der Waals surface area contributed by atoms with Gasteiger partial charge in [0.15, 0.2) is 11.5 Å². The van der Waals surface area contributed by atoms with E-state index in [9.17, 15) is 19.8 Å². The molecule has 5 rings (SSSR count). The molecule has 0 radical (unpaired) electrons. The van der Waals surface area contributed by atoms with E-state index in [0.29, 0.717) is 19.3 Å². The van der Waals surface area contributed by atoms with Crippen molar-refractivity contribution >= 4 is 17.8 Å². The van der Waals surface area contributed by atoms with Gasteiger partial charge in [-0.2, -0.15) is 0 Å². The molecule has 0 spiro atoms. The summed E-state index contributed by atoms with van der Waals surface area (Å²) in [7, 11) is 0. The number of rotatable bonds is 2. The highest BCUT2D eigenvalue weighted by molar-refractivity contribution is 6.01. The Morgan fingerprint density at radius 3 is 2.86 bits per heavy atom. The Hall–Kier alpha value is -1.86. The number of Topliss-reactive ketones (excluding diaryl/α,β-unsaturated/α-hetero) is 1. The van der Waals surface area contributed by atoms with Crippen LogP contribution in [-0.4, -0.2) is 52.0 Å². The second-order valence-corrected chi connectivity index (χ2v) is 9.77. The first-order valence-electron chi connectivity index (χ1n) is 10.3. The first-order valence-corrected chi connectivity index (χ1v) is 10.3. The van der Waals surface area contributed by atoms with Crippen LogP contribution in [0.3, 0.4) is 0 Å². The van der Waals surface area contributed by atoms with Crippen molar-refractivity contribution in [3.63, 3.8) is 0 Å². The van der Waals surface area contributed by atoms with E-state index in [1.165, 1.54) is 12.2 Å². The van der Waals surface area contributed by atoms with Crippen molar-refractivity contribution in [3.8, 4) is 0 Å². The van der Waals surface area contributed by atoms with Gasteiger partial charge in [-0.25, -0.2) is 4.39 Å². The van der Waals surface area contributed by atoms with Gasteiger partial charge in [-0.1, -0.05) is 23.7 Å². The number of oxime groups is 1. The molecule has 0 aromatic rings. The van der Waals surface area contributed by atoms with Gasteiger partial charge in [0.2, 0.25) is 11.4 Å². The minimum absolute atomic E-state index is 0.0287. The van der Waals surface area contributed by atoms with Gasteiger partial charge in [0.25, 0.3) is 0 Å². The van der Waals surface area contributed by atoms with Gasteiger partial charge >= 0.3 is 0 Å². The molecule has 29 heavy (non-hydrogen) atoms. The quantitative estimate of drug-likeness (QED) is 0.734. The average molecular weight is 403 g/mol. The lowest BCUT2D eigenvalue weighted by atomic mass is 9.44. The zero-order valence-electron chi connectivity index (χ0n) is 16.6. The lowest BCUT2D eigenvalue weighted by Gasteiger charge is -2.62. The summed E-state index contributed by atoms with van der Waals surface area (Å²) in [6.07, 6.45) is 6.38. The van der Waals surface area contributed by atoms with E-state index >= 15 is 4.39 Å². The second-order valence-electron chi connectivity index (χ2n) is 9.77. The summed E-state index contributed by atoms with van der Waals surface area (Å²) in [5, 5.41) is 24.8. The normalized spacial score (nSPS) is 52.2. The lowest BCUT2D eigenvalue weighted by Crippen LogP contribution is -2.69. The predicted molar refractivity (Wildman–Crippen MR) is 102 cm³/mol. The molecule has 3 saturated carbocycles. The summed E-state index contributed by atoms with van der Waals surface area (Å²) >= 11 is 0. The highest BCUT2D eigenvalue weighted by atomic mass is 19.1. The van der Waals surface area contributed by atoms with Crippen LogP contribution in [0.2, 0.25) is 0 Å². The number of fused-ring (bicyclic) bond motifs is 7. The van der Waals surface area contributed by atoms with Crippen LogP contribution < -0.4 is 0 Å².